The average molecular weight is 304 g/mol. The number of carboxylic acid groups (broad SMARTS) is 1. The van der Waals surface area contributed by atoms with Crippen molar-refractivity contribution in [3.63, 3.8) is 0 Å². The van der Waals surface area contributed by atoms with E-state index in [1.165, 1.54) is 0 Å². The van der Waals surface area contributed by atoms with Crippen LogP contribution in [-0.4, -0.2) is 28.0 Å². The number of aromatic nitrogens is 1. The molecule has 120 valence electrons. The molecule has 0 spiro atoms. The zero-order chi connectivity index (χ0) is 15.9. The number of aryl methyl sites for hydroxylation is 1. The van der Waals surface area contributed by atoms with E-state index in [9.17, 15) is 14.7 Å². The van der Waals surface area contributed by atoms with Gasteiger partial charge in [0.15, 0.2) is 0 Å². The van der Waals surface area contributed by atoms with E-state index in [1.807, 2.05) is 19.1 Å². The fraction of sp³-hybridized carbons (Fsp3) is 0.588. The Morgan fingerprint density at radius 1 is 1.23 bits per heavy atom. The highest BCUT2D eigenvalue weighted by molar-refractivity contribution is 5.80. The van der Waals surface area contributed by atoms with Crippen molar-refractivity contribution in [2.24, 2.45) is 5.92 Å². The number of carbonyl (C=O) groups excluding carboxylic acids is 1. The van der Waals surface area contributed by atoms with Gasteiger partial charge in [-0.2, -0.15) is 0 Å². The molecule has 0 aromatic carbocycles. The maximum Gasteiger partial charge on any atom is 0.308 e. The van der Waals surface area contributed by atoms with Crippen molar-refractivity contribution in [3.05, 3.63) is 29.6 Å². The molecule has 1 aromatic heterocycles. The van der Waals surface area contributed by atoms with Gasteiger partial charge in [-0.1, -0.05) is 31.7 Å². The second-order valence-electron chi connectivity index (χ2n) is 6.09. The van der Waals surface area contributed by atoms with Crippen molar-refractivity contribution in [3.8, 4) is 0 Å². The maximum atomic E-state index is 12.2. The van der Waals surface area contributed by atoms with Gasteiger partial charge in [0.1, 0.15) is 0 Å². The molecule has 0 bridgehead atoms. The summed E-state index contributed by atoms with van der Waals surface area (Å²) in [6.07, 6.45) is 7.42. The van der Waals surface area contributed by atoms with Crippen LogP contribution < -0.4 is 5.32 Å². The summed E-state index contributed by atoms with van der Waals surface area (Å²) in [4.78, 5) is 27.8. The van der Waals surface area contributed by atoms with Crippen molar-refractivity contribution < 1.29 is 14.7 Å². The van der Waals surface area contributed by atoms with Gasteiger partial charge in [-0.25, -0.2) is 0 Å². The normalized spacial score (nSPS) is 22.4. The SMILES string of the molecule is Cc1ccc(CC(=O)NC2CCCCCCC2C(=O)O)cn1. The predicted molar refractivity (Wildman–Crippen MR) is 83.4 cm³/mol. The summed E-state index contributed by atoms with van der Waals surface area (Å²) in [6, 6.07) is 3.50. The number of nitrogens with zero attached hydrogens (tertiary/aromatic N) is 1. The molecule has 5 nitrogen and oxygen atoms in total. The quantitative estimate of drug-likeness (QED) is 0.895. The zero-order valence-corrected chi connectivity index (χ0v) is 13.0. The summed E-state index contributed by atoms with van der Waals surface area (Å²) in [7, 11) is 0. The molecular weight excluding hydrogens is 280 g/mol. The van der Waals surface area contributed by atoms with E-state index in [4.69, 9.17) is 0 Å². The highest BCUT2D eigenvalue weighted by Gasteiger charge is 2.29. The molecule has 0 radical (unpaired) electrons. The summed E-state index contributed by atoms with van der Waals surface area (Å²) < 4.78 is 0. The van der Waals surface area contributed by atoms with E-state index in [2.05, 4.69) is 10.3 Å². The monoisotopic (exact) mass is 304 g/mol. The summed E-state index contributed by atoms with van der Waals surface area (Å²) in [6.45, 7) is 1.90. The van der Waals surface area contributed by atoms with E-state index in [0.717, 1.165) is 43.4 Å². The van der Waals surface area contributed by atoms with E-state index in [1.54, 1.807) is 6.20 Å². The first-order chi connectivity index (χ1) is 10.6. The Labute approximate surface area is 131 Å². The minimum Gasteiger partial charge on any atom is -0.481 e. The second-order valence-corrected chi connectivity index (χ2v) is 6.09. The number of hydrogen-bond acceptors (Lipinski definition) is 3. The fourth-order valence-electron chi connectivity index (χ4n) is 3.00. The van der Waals surface area contributed by atoms with Gasteiger partial charge < -0.3 is 10.4 Å². The molecule has 5 heteroatoms. The third kappa shape index (κ3) is 4.83. The average Bonchev–Trinajstić information content (AvgIpc) is 2.44. The standard InChI is InChI=1S/C17H24N2O3/c1-12-8-9-13(11-18-12)10-16(20)19-15-7-5-3-2-4-6-14(15)17(21)22/h8-9,11,14-15H,2-7,10H2,1H3,(H,19,20)(H,21,22). The van der Waals surface area contributed by atoms with E-state index in [-0.39, 0.29) is 18.4 Å². The van der Waals surface area contributed by atoms with Crippen molar-refractivity contribution in [2.45, 2.75) is 57.9 Å². The van der Waals surface area contributed by atoms with E-state index >= 15 is 0 Å². The van der Waals surface area contributed by atoms with Gasteiger partial charge in [0.05, 0.1) is 12.3 Å². The summed E-state index contributed by atoms with van der Waals surface area (Å²) in [5, 5.41) is 12.3. The Hall–Kier alpha value is -1.91. The lowest BCUT2D eigenvalue weighted by atomic mass is 9.86. The lowest BCUT2D eigenvalue weighted by molar-refractivity contribution is -0.143. The number of rotatable bonds is 4. The van der Waals surface area contributed by atoms with Crippen LogP contribution in [0, 0.1) is 12.8 Å². The lowest BCUT2D eigenvalue weighted by Crippen LogP contribution is -2.44. The van der Waals surface area contributed by atoms with Gasteiger partial charge >= 0.3 is 5.97 Å². The van der Waals surface area contributed by atoms with Gasteiger partial charge in [-0.05, 0) is 31.4 Å². The molecule has 2 atom stereocenters. The van der Waals surface area contributed by atoms with Crippen molar-refractivity contribution in [1.82, 2.24) is 10.3 Å². The zero-order valence-electron chi connectivity index (χ0n) is 13.0. The topological polar surface area (TPSA) is 79.3 Å². The van der Waals surface area contributed by atoms with Gasteiger partial charge in [0, 0.05) is 17.9 Å². The molecule has 1 heterocycles. The van der Waals surface area contributed by atoms with Crippen LogP contribution in [0.4, 0.5) is 0 Å². The first kappa shape index (κ1) is 16.5. The molecule has 2 rings (SSSR count). The van der Waals surface area contributed by atoms with E-state index < -0.39 is 11.9 Å². The van der Waals surface area contributed by atoms with Gasteiger partial charge in [0.25, 0.3) is 0 Å². The van der Waals surface area contributed by atoms with Gasteiger partial charge in [0.2, 0.25) is 5.91 Å². The Morgan fingerprint density at radius 3 is 2.59 bits per heavy atom. The molecule has 2 unspecified atom stereocenters. The Balaban J connectivity index is 1.97. The van der Waals surface area contributed by atoms with Crippen LogP contribution in [0.2, 0.25) is 0 Å². The number of carboxylic acids is 1. The minimum atomic E-state index is -0.802. The first-order valence-electron chi connectivity index (χ1n) is 8.00. The number of hydrogen-bond donors (Lipinski definition) is 2. The number of amides is 1. The number of carbonyl (C=O) groups is 2. The number of pyridine rings is 1. The van der Waals surface area contributed by atoms with Crippen molar-refractivity contribution in [2.75, 3.05) is 0 Å². The lowest BCUT2D eigenvalue weighted by Gasteiger charge is -2.27. The molecule has 1 saturated carbocycles. The number of aliphatic carboxylic acids is 1. The maximum absolute atomic E-state index is 12.2. The van der Waals surface area contributed by atoms with Crippen LogP contribution in [0.1, 0.15) is 49.8 Å². The molecule has 1 amide bonds. The smallest absolute Gasteiger partial charge is 0.308 e. The molecule has 1 aromatic rings. The largest absolute Gasteiger partial charge is 0.481 e. The first-order valence-corrected chi connectivity index (χ1v) is 8.00. The Bertz CT molecular complexity index is 513. The van der Waals surface area contributed by atoms with Gasteiger partial charge in [-0.3, -0.25) is 14.6 Å². The molecular formula is C17H24N2O3. The molecule has 1 aliphatic carbocycles. The van der Waals surface area contributed by atoms with Crippen LogP contribution >= 0.6 is 0 Å². The molecule has 0 aliphatic heterocycles. The minimum absolute atomic E-state index is 0.123. The van der Waals surface area contributed by atoms with Crippen LogP contribution in [-0.2, 0) is 16.0 Å². The van der Waals surface area contributed by atoms with Crippen LogP contribution in [0.15, 0.2) is 18.3 Å². The Morgan fingerprint density at radius 2 is 1.95 bits per heavy atom. The predicted octanol–water partition coefficient (Wildman–Crippen LogP) is 2.47. The summed E-state index contributed by atoms with van der Waals surface area (Å²) in [5.41, 5.74) is 1.76. The summed E-state index contributed by atoms with van der Waals surface area (Å²) >= 11 is 0. The molecule has 0 saturated heterocycles. The second kappa shape index (κ2) is 7.92. The fourth-order valence-corrected chi connectivity index (χ4v) is 3.00. The van der Waals surface area contributed by atoms with Crippen LogP contribution in [0.5, 0.6) is 0 Å². The third-order valence-electron chi connectivity index (χ3n) is 4.27. The van der Waals surface area contributed by atoms with Gasteiger partial charge in [-0.15, -0.1) is 0 Å². The molecule has 22 heavy (non-hydrogen) atoms. The van der Waals surface area contributed by atoms with Crippen LogP contribution in [0.25, 0.3) is 0 Å². The number of nitrogens with one attached hydrogen (secondary N) is 1. The third-order valence-corrected chi connectivity index (χ3v) is 4.27. The molecule has 2 N–H and O–H groups in total. The van der Waals surface area contributed by atoms with Crippen LogP contribution in [0.3, 0.4) is 0 Å². The molecule has 1 aliphatic rings. The van der Waals surface area contributed by atoms with E-state index in [0.29, 0.717) is 6.42 Å². The highest BCUT2D eigenvalue weighted by Crippen LogP contribution is 2.23. The molecule has 1 fully saturated rings. The highest BCUT2D eigenvalue weighted by atomic mass is 16.4. The summed E-state index contributed by atoms with van der Waals surface area (Å²) in [5.74, 6) is -1.40. The Kier molecular flexibility index (Phi) is 5.92. The van der Waals surface area contributed by atoms with Crippen molar-refractivity contribution in [1.29, 1.82) is 0 Å². The van der Waals surface area contributed by atoms with Crippen molar-refractivity contribution >= 4 is 11.9 Å².